The highest BCUT2D eigenvalue weighted by molar-refractivity contribution is 7.89. The molecule has 0 radical (unpaired) electrons. The minimum atomic E-state index is -3.71. The van der Waals surface area contributed by atoms with Crippen molar-refractivity contribution in [3.63, 3.8) is 0 Å². The molecule has 0 atom stereocenters. The summed E-state index contributed by atoms with van der Waals surface area (Å²) in [5.74, 6) is 0.0685. The van der Waals surface area contributed by atoms with Crippen LogP contribution in [-0.4, -0.2) is 50.7 Å². The van der Waals surface area contributed by atoms with E-state index < -0.39 is 10.0 Å². The number of carbonyl (C=O) groups excluding carboxylic acids is 2. The summed E-state index contributed by atoms with van der Waals surface area (Å²) >= 11 is 0. The maximum Gasteiger partial charge on any atom is 0.257 e. The monoisotopic (exact) mass is 486 g/mol. The van der Waals surface area contributed by atoms with Gasteiger partial charge in [0.25, 0.3) is 5.91 Å². The van der Waals surface area contributed by atoms with E-state index in [4.69, 9.17) is 0 Å². The summed E-state index contributed by atoms with van der Waals surface area (Å²) < 4.78 is 27.6. The van der Waals surface area contributed by atoms with Crippen molar-refractivity contribution in [2.24, 2.45) is 5.92 Å². The highest BCUT2D eigenvalue weighted by atomic mass is 32.2. The van der Waals surface area contributed by atoms with Crippen molar-refractivity contribution >= 4 is 38.9 Å². The fourth-order valence-corrected chi connectivity index (χ4v) is 5.62. The zero-order valence-electron chi connectivity index (χ0n) is 20.3. The van der Waals surface area contributed by atoms with Crippen molar-refractivity contribution in [2.75, 3.05) is 41.7 Å². The van der Waals surface area contributed by atoms with Crippen LogP contribution in [0.3, 0.4) is 0 Å². The number of hydrogen-bond donors (Lipinski definition) is 2. The number of rotatable bonds is 8. The number of amides is 2. The molecule has 1 aliphatic rings. The molecule has 0 bridgehead atoms. The highest BCUT2D eigenvalue weighted by Gasteiger charge is 2.27. The molecule has 0 unspecified atom stereocenters. The first-order valence-corrected chi connectivity index (χ1v) is 13.2. The first-order chi connectivity index (χ1) is 16.1. The summed E-state index contributed by atoms with van der Waals surface area (Å²) in [5, 5.41) is 5.56. The summed E-state index contributed by atoms with van der Waals surface area (Å²) in [6.45, 7) is 9.57. The number of sulfonamides is 1. The first-order valence-electron chi connectivity index (χ1n) is 11.7. The zero-order valence-corrected chi connectivity index (χ0v) is 21.1. The standard InChI is InChI=1S/C25H34N4O4S/c1-5-29(6-2)34(32,33)22-11-12-24(28-15-13-18(3)14-16-28)23(17-22)25(31)27-21-9-7-20(8-10-21)26-19(4)30/h7-12,17-18H,5-6,13-16H2,1-4H3,(H,26,30)(H,27,31). The molecule has 0 saturated carbocycles. The van der Waals surface area contributed by atoms with Crippen molar-refractivity contribution < 1.29 is 18.0 Å². The summed E-state index contributed by atoms with van der Waals surface area (Å²) in [7, 11) is -3.71. The van der Waals surface area contributed by atoms with E-state index in [0.29, 0.717) is 35.9 Å². The van der Waals surface area contributed by atoms with Gasteiger partial charge in [-0.1, -0.05) is 20.8 Å². The van der Waals surface area contributed by atoms with E-state index in [2.05, 4.69) is 22.5 Å². The van der Waals surface area contributed by atoms with Gasteiger partial charge in [0.15, 0.2) is 0 Å². The minimum Gasteiger partial charge on any atom is -0.371 e. The van der Waals surface area contributed by atoms with Gasteiger partial charge in [0, 0.05) is 50.2 Å². The average molecular weight is 487 g/mol. The number of carbonyl (C=O) groups is 2. The van der Waals surface area contributed by atoms with Crippen LogP contribution < -0.4 is 15.5 Å². The number of nitrogens with one attached hydrogen (secondary N) is 2. The van der Waals surface area contributed by atoms with E-state index in [-0.39, 0.29) is 16.7 Å². The van der Waals surface area contributed by atoms with Crippen LogP contribution in [0, 0.1) is 5.92 Å². The number of anilines is 3. The van der Waals surface area contributed by atoms with E-state index in [9.17, 15) is 18.0 Å². The molecule has 2 aromatic carbocycles. The number of benzene rings is 2. The Morgan fingerprint density at radius 1 is 0.971 bits per heavy atom. The van der Waals surface area contributed by atoms with E-state index in [0.717, 1.165) is 31.6 Å². The molecule has 1 saturated heterocycles. The lowest BCUT2D eigenvalue weighted by atomic mass is 9.98. The van der Waals surface area contributed by atoms with Gasteiger partial charge in [-0.25, -0.2) is 8.42 Å². The predicted octanol–water partition coefficient (Wildman–Crippen LogP) is 4.16. The third-order valence-electron chi connectivity index (χ3n) is 6.14. The highest BCUT2D eigenvalue weighted by Crippen LogP contribution is 2.30. The van der Waals surface area contributed by atoms with Gasteiger partial charge in [0.1, 0.15) is 0 Å². The van der Waals surface area contributed by atoms with Crippen molar-refractivity contribution in [1.29, 1.82) is 0 Å². The molecule has 0 aliphatic carbocycles. The zero-order chi connectivity index (χ0) is 24.9. The fourth-order valence-electron chi connectivity index (χ4n) is 4.13. The van der Waals surface area contributed by atoms with Gasteiger partial charge >= 0.3 is 0 Å². The average Bonchev–Trinajstić information content (AvgIpc) is 2.81. The number of nitrogens with zero attached hydrogens (tertiary/aromatic N) is 2. The third kappa shape index (κ3) is 5.95. The predicted molar refractivity (Wildman–Crippen MR) is 136 cm³/mol. The van der Waals surface area contributed by atoms with Gasteiger partial charge in [-0.15, -0.1) is 0 Å². The van der Waals surface area contributed by atoms with Gasteiger partial charge in [0.2, 0.25) is 15.9 Å². The smallest absolute Gasteiger partial charge is 0.257 e. The summed E-state index contributed by atoms with van der Waals surface area (Å²) in [6.07, 6.45) is 2.04. The van der Waals surface area contributed by atoms with Crippen LogP contribution >= 0.6 is 0 Å². The molecular formula is C25H34N4O4S. The Kier molecular flexibility index (Phi) is 8.33. The Hall–Kier alpha value is -2.91. The van der Waals surface area contributed by atoms with Gasteiger partial charge in [-0.2, -0.15) is 4.31 Å². The van der Waals surface area contributed by atoms with E-state index >= 15 is 0 Å². The Morgan fingerprint density at radius 3 is 2.06 bits per heavy atom. The molecule has 2 amide bonds. The second kappa shape index (κ2) is 11.0. The van der Waals surface area contributed by atoms with Crippen molar-refractivity contribution in [1.82, 2.24) is 4.31 Å². The van der Waals surface area contributed by atoms with Gasteiger partial charge in [-0.3, -0.25) is 9.59 Å². The molecule has 1 fully saturated rings. The SMILES string of the molecule is CCN(CC)S(=O)(=O)c1ccc(N2CCC(C)CC2)c(C(=O)Nc2ccc(NC(C)=O)cc2)c1. The lowest BCUT2D eigenvalue weighted by molar-refractivity contribution is -0.114. The summed E-state index contributed by atoms with van der Waals surface area (Å²) in [5.41, 5.74) is 2.24. The lowest BCUT2D eigenvalue weighted by Gasteiger charge is -2.33. The molecule has 0 aromatic heterocycles. The molecule has 1 aliphatic heterocycles. The van der Waals surface area contributed by atoms with E-state index in [1.807, 2.05) is 0 Å². The van der Waals surface area contributed by atoms with Gasteiger partial charge < -0.3 is 15.5 Å². The molecule has 9 heteroatoms. The summed E-state index contributed by atoms with van der Waals surface area (Å²) in [6, 6.07) is 11.6. The Labute approximate surface area is 202 Å². The number of hydrogen-bond acceptors (Lipinski definition) is 5. The van der Waals surface area contributed by atoms with Crippen LogP contribution in [0.1, 0.15) is 50.9 Å². The number of piperidine rings is 1. The van der Waals surface area contributed by atoms with Crippen LogP contribution in [0.5, 0.6) is 0 Å². The van der Waals surface area contributed by atoms with Crippen molar-refractivity contribution in [3.05, 3.63) is 48.0 Å². The second-order valence-corrected chi connectivity index (χ2v) is 10.6. The van der Waals surface area contributed by atoms with Crippen LogP contribution in [0.4, 0.5) is 17.1 Å². The molecule has 0 spiro atoms. The van der Waals surface area contributed by atoms with Crippen molar-refractivity contribution in [3.8, 4) is 0 Å². The second-order valence-electron chi connectivity index (χ2n) is 8.65. The topological polar surface area (TPSA) is 98.8 Å². The molecule has 184 valence electrons. The Balaban J connectivity index is 1.95. The molecular weight excluding hydrogens is 452 g/mol. The van der Waals surface area contributed by atoms with Crippen molar-refractivity contribution in [2.45, 2.75) is 45.4 Å². The molecule has 34 heavy (non-hydrogen) atoms. The van der Waals surface area contributed by atoms with Gasteiger partial charge in [-0.05, 0) is 61.2 Å². The quantitative estimate of drug-likeness (QED) is 0.584. The largest absolute Gasteiger partial charge is 0.371 e. The molecule has 2 N–H and O–H groups in total. The van der Waals surface area contributed by atoms with E-state index in [1.54, 1.807) is 50.2 Å². The molecule has 8 nitrogen and oxygen atoms in total. The normalized spacial score (nSPS) is 14.8. The Morgan fingerprint density at radius 2 is 1.53 bits per heavy atom. The fraction of sp³-hybridized carbons (Fsp3) is 0.440. The molecule has 3 rings (SSSR count). The first kappa shape index (κ1) is 25.7. The van der Waals surface area contributed by atoms with Crippen LogP contribution in [0.15, 0.2) is 47.4 Å². The molecule has 1 heterocycles. The van der Waals surface area contributed by atoms with Crippen LogP contribution in [-0.2, 0) is 14.8 Å². The lowest BCUT2D eigenvalue weighted by Crippen LogP contribution is -2.35. The summed E-state index contributed by atoms with van der Waals surface area (Å²) in [4.78, 5) is 26.9. The molecule has 2 aromatic rings. The maximum atomic E-state index is 13.4. The van der Waals surface area contributed by atoms with E-state index in [1.165, 1.54) is 17.3 Å². The Bertz CT molecular complexity index is 1120. The maximum absolute atomic E-state index is 13.4. The van der Waals surface area contributed by atoms with Crippen LogP contribution in [0.2, 0.25) is 0 Å². The minimum absolute atomic E-state index is 0.108. The van der Waals surface area contributed by atoms with Crippen LogP contribution in [0.25, 0.3) is 0 Å². The van der Waals surface area contributed by atoms with Gasteiger partial charge in [0.05, 0.1) is 10.5 Å². The third-order valence-corrected chi connectivity index (χ3v) is 8.19.